The molecule has 1 aliphatic heterocycles. The zero-order valence-electron chi connectivity index (χ0n) is 21.7. The summed E-state index contributed by atoms with van der Waals surface area (Å²) in [5.74, 6) is 0.778. The number of benzene rings is 1. The summed E-state index contributed by atoms with van der Waals surface area (Å²) < 4.78 is 4.50. The smallest absolute Gasteiger partial charge is 0.278 e. The van der Waals surface area contributed by atoms with E-state index in [1.807, 2.05) is 19.9 Å². The van der Waals surface area contributed by atoms with Gasteiger partial charge in [-0.3, -0.25) is 14.5 Å². The van der Waals surface area contributed by atoms with Gasteiger partial charge in [-0.05, 0) is 63.4 Å². The van der Waals surface area contributed by atoms with Crippen LogP contribution < -0.4 is 16.4 Å². The lowest BCUT2D eigenvalue weighted by molar-refractivity contribution is 0.203. The van der Waals surface area contributed by atoms with Crippen LogP contribution in [0, 0.1) is 0 Å². The normalized spacial score (nSPS) is 13.9. The van der Waals surface area contributed by atoms with Crippen LogP contribution >= 0.6 is 0 Å². The molecule has 37 heavy (non-hydrogen) atoms. The Balaban J connectivity index is 1.58. The summed E-state index contributed by atoms with van der Waals surface area (Å²) in [6.07, 6.45) is 4.20. The number of anilines is 2. The molecule has 0 saturated heterocycles. The lowest BCUT2D eigenvalue weighted by Crippen LogP contribution is -2.35. The minimum atomic E-state index is -0.256. The topological polar surface area (TPSA) is 103 Å². The summed E-state index contributed by atoms with van der Waals surface area (Å²) in [5.41, 5.74) is 3.46. The van der Waals surface area contributed by atoms with Crippen molar-refractivity contribution in [3.63, 3.8) is 0 Å². The molecule has 1 N–H and O–H groups in total. The second-order valence-electron chi connectivity index (χ2n) is 9.91. The minimum Gasteiger partial charge on any atom is -0.324 e. The first kappa shape index (κ1) is 24.6. The first-order chi connectivity index (χ1) is 17.8. The van der Waals surface area contributed by atoms with Crippen molar-refractivity contribution in [3.05, 3.63) is 81.0 Å². The van der Waals surface area contributed by atoms with Gasteiger partial charge in [0.05, 0.1) is 12.6 Å². The fraction of sp³-hybridized carbons (Fsp3) is 0.370. The molecule has 192 valence electrons. The molecule has 0 unspecified atom stereocenters. The Kier molecular flexibility index (Phi) is 6.51. The fourth-order valence-electron chi connectivity index (χ4n) is 4.73. The third-order valence-electron chi connectivity index (χ3n) is 6.73. The quantitative estimate of drug-likeness (QED) is 0.388. The van der Waals surface area contributed by atoms with Crippen LogP contribution in [0.4, 0.5) is 11.6 Å². The van der Waals surface area contributed by atoms with Crippen molar-refractivity contribution in [2.24, 2.45) is 0 Å². The maximum atomic E-state index is 13.2. The highest BCUT2D eigenvalue weighted by Gasteiger charge is 2.21. The zero-order chi connectivity index (χ0) is 26.3. The third kappa shape index (κ3) is 4.60. The number of hydrogen-bond donors (Lipinski definition) is 1. The van der Waals surface area contributed by atoms with E-state index in [9.17, 15) is 9.59 Å². The second-order valence-corrected chi connectivity index (χ2v) is 9.91. The van der Waals surface area contributed by atoms with Crippen molar-refractivity contribution in [2.45, 2.75) is 59.3 Å². The molecule has 10 heteroatoms. The van der Waals surface area contributed by atoms with Gasteiger partial charge in [-0.2, -0.15) is 4.98 Å². The Morgan fingerprint density at radius 2 is 1.89 bits per heavy atom. The van der Waals surface area contributed by atoms with Crippen LogP contribution in [-0.4, -0.2) is 46.6 Å². The predicted molar refractivity (Wildman–Crippen MR) is 145 cm³/mol. The van der Waals surface area contributed by atoms with Gasteiger partial charge >= 0.3 is 0 Å². The van der Waals surface area contributed by atoms with Crippen LogP contribution in [0.3, 0.4) is 0 Å². The second kappa shape index (κ2) is 9.78. The molecular weight excluding hydrogens is 468 g/mol. The van der Waals surface area contributed by atoms with Crippen molar-refractivity contribution in [2.75, 3.05) is 11.9 Å². The average Bonchev–Trinajstić information content (AvgIpc) is 3.14. The lowest BCUT2D eigenvalue weighted by atomic mass is 9.98. The van der Waals surface area contributed by atoms with E-state index < -0.39 is 0 Å². The van der Waals surface area contributed by atoms with E-state index in [2.05, 4.69) is 52.9 Å². The van der Waals surface area contributed by atoms with E-state index in [0.717, 1.165) is 25.2 Å². The van der Waals surface area contributed by atoms with E-state index in [4.69, 9.17) is 4.98 Å². The monoisotopic (exact) mass is 500 g/mol. The van der Waals surface area contributed by atoms with Crippen LogP contribution in [0.1, 0.15) is 44.9 Å². The molecule has 0 radical (unpaired) electrons. The van der Waals surface area contributed by atoms with E-state index in [0.29, 0.717) is 28.8 Å². The third-order valence-corrected chi connectivity index (χ3v) is 6.73. The molecule has 0 aliphatic carbocycles. The molecule has 0 amide bonds. The Hall–Kier alpha value is -4.05. The Morgan fingerprint density at radius 3 is 2.62 bits per heavy atom. The first-order valence-electron chi connectivity index (χ1n) is 12.6. The predicted octanol–water partition coefficient (Wildman–Crippen LogP) is 3.42. The van der Waals surface area contributed by atoms with Crippen LogP contribution in [0.5, 0.6) is 0 Å². The van der Waals surface area contributed by atoms with Crippen molar-refractivity contribution in [3.8, 4) is 5.82 Å². The van der Waals surface area contributed by atoms with E-state index in [1.165, 1.54) is 32.8 Å². The molecule has 4 aromatic rings. The van der Waals surface area contributed by atoms with Gasteiger partial charge in [0.15, 0.2) is 11.5 Å². The largest absolute Gasteiger partial charge is 0.324 e. The molecule has 10 nitrogen and oxygen atoms in total. The molecule has 0 fully saturated rings. The summed E-state index contributed by atoms with van der Waals surface area (Å²) in [5, 5.41) is 8.18. The van der Waals surface area contributed by atoms with Gasteiger partial charge in [-0.1, -0.05) is 12.1 Å². The molecular formula is C27H32N8O2. The van der Waals surface area contributed by atoms with Gasteiger partial charge < -0.3 is 5.32 Å². The fourth-order valence-corrected chi connectivity index (χ4v) is 4.73. The molecule has 0 bridgehead atoms. The maximum Gasteiger partial charge on any atom is 0.278 e. The number of fused-ring (bicyclic) bond motifs is 2. The van der Waals surface area contributed by atoms with Gasteiger partial charge in [-0.25, -0.2) is 19.0 Å². The molecule has 5 rings (SSSR count). The maximum absolute atomic E-state index is 13.2. The number of nitrogens with zero attached hydrogens (tertiary/aromatic N) is 7. The summed E-state index contributed by atoms with van der Waals surface area (Å²) in [6.45, 7) is 14.2. The molecule has 1 aromatic carbocycles. The Labute approximate surface area is 214 Å². The van der Waals surface area contributed by atoms with Crippen LogP contribution in [0.25, 0.3) is 16.9 Å². The summed E-state index contributed by atoms with van der Waals surface area (Å²) in [6, 6.07) is 9.73. The van der Waals surface area contributed by atoms with Gasteiger partial charge in [0, 0.05) is 37.1 Å². The Bertz CT molecular complexity index is 1590. The summed E-state index contributed by atoms with van der Waals surface area (Å²) >= 11 is 0. The molecule has 3 aromatic heterocycles. The molecule has 0 saturated carbocycles. The lowest BCUT2D eigenvalue weighted by Gasteiger charge is -2.32. The van der Waals surface area contributed by atoms with Gasteiger partial charge in [0.1, 0.15) is 5.39 Å². The zero-order valence-corrected chi connectivity index (χ0v) is 21.7. The molecule has 4 heterocycles. The van der Waals surface area contributed by atoms with Crippen LogP contribution in [0.15, 0.2) is 58.8 Å². The van der Waals surface area contributed by atoms with Crippen LogP contribution in [-0.2, 0) is 19.5 Å². The first-order valence-corrected chi connectivity index (χ1v) is 12.6. The SMILES string of the molecule is C=CCn1c(=O)c2cnc(Nc3ccc4c(c3)CN(C(C)C)CC4)nc2n1-c1ccc(=O)n(C(C)C)n1. The summed E-state index contributed by atoms with van der Waals surface area (Å²) in [4.78, 5) is 37.1. The number of rotatable bonds is 7. The van der Waals surface area contributed by atoms with Crippen molar-refractivity contribution in [1.82, 2.24) is 34.0 Å². The minimum absolute atomic E-state index is 0.142. The number of allylic oxidation sites excluding steroid dienone is 1. The van der Waals surface area contributed by atoms with Crippen molar-refractivity contribution >= 4 is 22.7 Å². The highest BCUT2D eigenvalue weighted by atomic mass is 16.1. The van der Waals surface area contributed by atoms with Gasteiger partial charge in [0.2, 0.25) is 5.95 Å². The van der Waals surface area contributed by atoms with E-state index >= 15 is 0 Å². The highest BCUT2D eigenvalue weighted by Crippen LogP contribution is 2.25. The van der Waals surface area contributed by atoms with Crippen LogP contribution in [0.2, 0.25) is 0 Å². The number of aromatic nitrogens is 6. The van der Waals surface area contributed by atoms with Crippen molar-refractivity contribution < 1.29 is 0 Å². The standard InChI is InChI=1S/C27H32N8O2/c1-6-12-33-26(37)22-15-28-27(29-21-8-7-19-11-13-32(17(2)3)16-20(19)14-21)30-25(22)35(33)23-9-10-24(36)34(31-23)18(4)5/h6-10,14-15,17-18H,1,11-13,16H2,2-5H3,(H,28,29,30). The van der Waals surface area contributed by atoms with Gasteiger partial charge in [0.25, 0.3) is 11.1 Å². The summed E-state index contributed by atoms with van der Waals surface area (Å²) in [7, 11) is 0. The Morgan fingerprint density at radius 1 is 1.08 bits per heavy atom. The average molecular weight is 501 g/mol. The highest BCUT2D eigenvalue weighted by molar-refractivity contribution is 5.77. The van der Waals surface area contributed by atoms with Gasteiger partial charge in [-0.15, -0.1) is 11.7 Å². The van der Waals surface area contributed by atoms with E-state index in [-0.39, 0.29) is 23.7 Å². The van der Waals surface area contributed by atoms with Crippen molar-refractivity contribution in [1.29, 1.82) is 0 Å². The van der Waals surface area contributed by atoms with E-state index in [1.54, 1.807) is 16.8 Å². The molecule has 0 atom stereocenters. The number of hydrogen-bond acceptors (Lipinski definition) is 7. The number of nitrogens with one attached hydrogen (secondary N) is 1. The molecule has 0 spiro atoms. The molecule has 1 aliphatic rings.